The zero-order valence-corrected chi connectivity index (χ0v) is 12.8. The van der Waals surface area contributed by atoms with Crippen LogP contribution in [0.25, 0.3) is 0 Å². The minimum atomic E-state index is 0.0452. The van der Waals surface area contributed by atoms with Gasteiger partial charge in [-0.05, 0) is 32.1 Å². The van der Waals surface area contributed by atoms with Gasteiger partial charge in [0, 0.05) is 32.3 Å². The van der Waals surface area contributed by atoms with Crippen molar-refractivity contribution in [3.63, 3.8) is 0 Å². The number of hydrogen-bond donors (Lipinski definition) is 1. The maximum atomic E-state index is 12.3. The van der Waals surface area contributed by atoms with Gasteiger partial charge in [-0.15, -0.1) is 0 Å². The highest BCUT2D eigenvalue weighted by Gasteiger charge is 2.32. The first-order valence-electron chi connectivity index (χ1n) is 7.74. The summed E-state index contributed by atoms with van der Waals surface area (Å²) >= 11 is 0. The smallest absolute Gasteiger partial charge is 0.239 e. The SMILES string of the molecule is Cc1cc(NC(=O)CN(C[C@H]2CCOC2)C2CC2)n(C)n1. The summed E-state index contributed by atoms with van der Waals surface area (Å²) in [4.78, 5) is 14.6. The second kappa shape index (κ2) is 6.15. The molecule has 1 aliphatic carbocycles. The van der Waals surface area contributed by atoms with Gasteiger partial charge < -0.3 is 10.1 Å². The number of rotatable bonds is 6. The van der Waals surface area contributed by atoms with Crippen LogP contribution in [0.3, 0.4) is 0 Å². The van der Waals surface area contributed by atoms with Crippen LogP contribution in [0.4, 0.5) is 5.82 Å². The lowest BCUT2D eigenvalue weighted by Crippen LogP contribution is -2.38. The van der Waals surface area contributed by atoms with Gasteiger partial charge in [-0.3, -0.25) is 14.4 Å². The van der Waals surface area contributed by atoms with Crippen molar-refractivity contribution in [2.75, 3.05) is 31.6 Å². The highest BCUT2D eigenvalue weighted by molar-refractivity contribution is 5.91. The second-order valence-corrected chi connectivity index (χ2v) is 6.23. The molecule has 2 fully saturated rings. The van der Waals surface area contributed by atoms with E-state index in [0.717, 1.165) is 37.7 Å². The summed E-state index contributed by atoms with van der Waals surface area (Å²) in [6.45, 7) is 5.07. The molecule has 1 N–H and O–H groups in total. The number of aromatic nitrogens is 2. The number of anilines is 1. The third kappa shape index (κ3) is 3.83. The number of carbonyl (C=O) groups excluding carboxylic acids is 1. The molecule has 1 amide bonds. The minimum absolute atomic E-state index is 0.0452. The van der Waals surface area contributed by atoms with E-state index in [1.165, 1.54) is 12.8 Å². The summed E-state index contributed by atoms with van der Waals surface area (Å²) in [5.41, 5.74) is 0.912. The van der Waals surface area contributed by atoms with Gasteiger partial charge in [0.15, 0.2) is 0 Å². The third-order valence-corrected chi connectivity index (χ3v) is 4.20. The van der Waals surface area contributed by atoms with E-state index in [4.69, 9.17) is 4.74 Å². The minimum Gasteiger partial charge on any atom is -0.381 e. The molecule has 116 valence electrons. The third-order valence-electron chi connectivity index (χ3n) is 4.20. The molecule has 6 heteroatoms. The van der Waals surface area contributed by atoms with E-state index >= 15 is 0 Å². The second-order valence-electron chi connectivity index (χ2n) is 6.23. The van der Waals surface area contributed by atoms with E-state index in [2.05, 4.69) is 15.3 Å². The Morgan fingerprint density at radius 3 is 2.90 bits per heavy atom. The van der Waals surface area contributed by atoms with Crippen LogP contribution < -0.4 is 5.32 Å². The van der Waals surface area contributed by atoms with Gasteiger partial charge in [-0.25, -0.2) is 0 Å². The molecule has 2 aliphatic rings. The zero-order valence-electron chi connectivity index (χ0n) is 12.8. The molecular formula is C15H24N4O2. The first-order valence-corrected chi connectivity index (χ1v) is 7.74. The van der Waals surface area contributed by atoms with Crippen molar-refractivity contribution in [2.45, 2.75) is 32.2 Å². The first kappa shape index (κ1) is 14.5. The fourth-order valence-electron chi connectivity index (χ4n) is 2.94. The van der Waals surface area contributed by atoms with E-state index < -0.39 is 0 Å². The van der Waals surface area contributed by atoms with Crippen LogP contribution in [0.15, 0.2) is 6.07 Å². The van der Waals surface area contributed by atoms with Gasteiger partial charge in [0.25, 0.3) is 0 Å². The maximum Gasteiger partial charge on any atom is 0.239 e. The molecule has 0 bridgehead atoms. The predicted molar refractivity (Wildman–Crippen MR) is 80.1 cm³/mol. The summed E-state index contributed by atoms with van der Waals surface area (Å²) in [5, 5.41) is 7.20. The lowest BCUT2D eigenvalue weighted by molar-refractivity contribution is -0.117. The van der Waals surface area contributed by atoms with E-state index in [9.17, 15) is 4.79 Å². The van der Waals surface area contributed by atoms with Crippen LogP contribution in [0.2, 0.25) is 0 Å². The summed E-state index contributed by atoms with van der Waals surface area (Å²) in [6.07, 6.45) is 3.54. The summed E-state index contributed by atoms with van der Waals surface area (Å²) < 4.78 is 7.15. The normalized spacial score (nSPS) is 22.0. The van der Waals surface area contributed by atoms with Gasteiger partial charge in [-0.2, -0.15) is 5.10 Å². The molecule has 1 aliphatic heterocycles. The lowest BCUT2D eigenvalue weighted by atomic mass is 10.1. The Hall–Kier alpha value is -1.40. The predicted octanol–water partition coefficient (Wildman–Crippen LogP) is 1.17. The van der Waals surface area contributed by atoms with Crippen molar-refractivity contribution < 1.29 is 9.53 Å². The first-order chi connectivity index (χ1) is 10.1. The van der Waals surface area contributed by atoms with Gasteiger partial charge >= 0.3 is 0 Å². The van der Waals surface area contributed by atoms with E-state index in [1.807, 2.05) is 20.0 Å². The molecule has 0 spiro atoms. The van der Waals surface area contributed by atoms with E-state index in [0.29, 0.717) is 18.5 Å². The molecule has 0 radical (unpaired) electrons. The summed E-state index contributed by atoms with van der Waals surface area (Å²) in [6, 6.07) is 2.48. The van der Waals surface area contributed by atoms with Crippen molar-refractivity contribution in [1.29, 1.82) is 0 Å². The fraction of sp³-hybridized carbons (Fsp3) is 0.733. The molecule has 0 aromatic carbocycles. The molecule has 21 heavy (non-hydrogen) atoms. The van der Waals surface area contributed by atoms with Crippen LogP contribution in [-0.2, 0) is 16.6 Å². The lowest BCUT2D eigenvalue weighted by Gasteiger charge is -2.24. The van der Waals surface area contributed by atoms with Crippen molar-refractivity contribution in [2.24, 2.45) is 13.0 Å². The van der Waals surface area contributed by atoms with Crippen LogP contribution in [0.5, 0.6) is 0 Å². The fourth-order valence-corrected chi connectivity index (χ4v) is 2.94. The molecule has 1 saturated heterocycles. The van der Waals surface area contributed by atoms with Crippen molar-refractivity contribution in [3.8, 4) is 0 Å². The van der Waals surface area contributed by atoms with Gasteiger partial charge in [0.1, 0.15) is 5.82 Å². The monoisotopic (exact) mass is 292 g/mol. The average molecular weight is 292 g/mol. The standard InChI is InChI=1S/C15H24N4O2/c1-11-7-14(18(2)17-11)16-15(20)9-19(13-3-4-13)8-12-5-6-21-10-12/h7,12-13H,3-6,8-10H2,1-2H3,(H,16,20)/t12-/m1/s1. The number of nitrogens with one attached hydrogen (secondary N) is 1. The Morgan fingerprint density at radius 1 is 1.52 bits per heavy atom. The summed E-state index contributed by atoms with van der Waals surface area (Å²) in [7, 11) is 1.84. The number of ether oxygens (including phenoxy) is 1. The molecule has 1 aromatic heterocycles. The quantitative estimate of drug-likeness (QED) is 0.855. The highest BCUT2D eigenvalue weighted by atomic mass is 16.5. The Kier molecular flexibility index (Phi) is 4.26. The highest BCUT2D eigenvalue weighted by Crippen LogP contribution is 2.28. The Morgan fingerprint density at radius 2 is 2.33 bits per heavy atom. The number of aryl methyl sites for hydroxylation is 2. The molecule has 6 nitrogen and oxygen atoms in total. The van der Waals surface area contributed by atoms with E-state index in [-0.39, 0.29) is 5.91 Å². The number of nitrogens with zero attached hydrogens (tertiary/aromatic N) is 3. The molecular weight excluding hydrogens is 268 g/mol. The molecule has 1 atom stereocenters. The Bertz CT molecular complexity index is 504. The van der Waals surface area contributed by atoms with Crippen LogP contribution in [-0.4, -0.2) is 52.9 Å². The Balaban J connectivity index is 1.54. The molecule has 2 heterocycles. The van der Waals surface area contributed by atoms with Gasteiger partial charge in [-0.1, -0.05) is 0 Å². The largest absolute Gasteiger partial charge is 0.381 e. The Labute approximate surface area is 125 Å². The number of carbonyl (C=O) groups is 1. The van der Waals surface area contributed by atoms with E-state index in [1.54, 1.807) is 4.68 Å². The molecule has 0 unspecified atom stereocenters. The van der Waals surface area contributed by atoms with Crippen molar-refractivity contribution in [1.82, 2.24) is 14.7 Å². The summed E-state index contributed by atoms with van der Waals surface area (Å²) in [5.74, 6) is 1.39. The topological polar surface area (TPSA) is 59.4 Å². The van der Waals surface area contributed by atoms with Gasteiger partial charge in [0.05, 0.1) is 18.8 Å². The zero-order chi connectivity index (χ0) is 14.8. The van der Waals surface area contributed by atoms with Crippen molar-refractivity contribution in [3.05, 3.63) is 11.8 Å². The molecule has 1 saturated carbocycles. The molecule has 1 aromatic rings. The van der Waals surface area contributed by atoms with Gasteiger partial charge in [0.2, 0.25) is 5.91 Å². The molecule has 3 rings (SSSR count). The maximum absolute atomic E-state index is 12.3. The van der Waals surface area contributed by atoms with Crippen molar-refractivity contribution >= 4 is 11.7 Å². The number of amides is 1. The average Bonchev–Trinajstić information content (AvgIpc) is 3.06. The van der Waals surface area contributed by atoms with Crippen LogP contribution in [0, 0.1) is 12.8 Å². The van der Waals surface area contributed by atoms with Crippen LogP contribution in [0.1, 0.15) is 25.0 Å². The number of hydrogen-bond acceptors (Lipinski definition) is 4. The van der Waals surface area contributed by atoms with Crippen LogP contribution >= 0.6 is 0 Å².